The third-order valence-electron chi connectivity index (χ3n) is 5.19. The van der Waals surface area contributed by atoms with Crippen LogP contribution in [0.4, 0.5) is 13.2 Å². The van der Waals surface area contributed by atoms with Gasteiger partial charge in [0.25, 0.3) is 5.56 Å². The summed E-state index contributed by atoms with van der Waals surface area (Å²) in [6.45, 7) is 4.76. The van der Waals surface area contributed by atoms with Gasteiger partial charge in [-0.05, 0) is 32.0 Å². The van der Waals surface area contributed by atoms with Crippen LogP contribution in [0.5, 0.6) is 0 Å². The van der Waals surface area contributed by atoms with E-state index in [1.807, 2.05) is 0 Å². The number of alkyl halides is 3. The maximum atomic E-state index is 13.2. The Labute approximate surface area is 185 Å². The lowest BCUT2D eigenvalue weighted by Crippen LogP contribution is -2.25. The summed E-state index contributed by atoms with van der Waals surface area (Å²) >= 11 is 0. The number of rotatable bonds is 4. The van der Waals surface area contributed by atoms with Gasteiger partial charge in [-0.3, -0.25) is 4.79 Å². The van der Waals surface area contributed by atoms with Gasteiger partial charge < -0.3 is 4.52 Å². The zero-order valence-electron chi connectivity index (χ0n) is 17.6. The highest BCUT2D eigenvalue weighted by atomic mass is 32.2. The normalized spacial score (nSPS) is 12.4. The second kappa shape index (κ2) is 7.80. The van der Waals surface area contributed by atoms with Gasteiger partial charge >= 0.3 is 6.18 Å². The van der Waals surface area contributed by atoms with E-state index in [0.29, 0.717) is 33.3 Å². The van der Waals surface area contributed by atoms with Crippen molar-refractivity contribution in [2.24, 2.45) is 0 Å². The van der Waals surface area contributed by atoms with Gasteiger partial charge in [0.15, 0.2) is 15.7 Å². The number of aryl methyl sites for hydroxylation is 2. The lowest BCUT2D eigenvalue weighted by molar-refractivity contribution is -0.137. The lowest BCUT2D eigenvalue weighted by Gasteiger charge is -2.13. The molecule has 0 saturated heterocycles. The van der Waals surface area contributed by atoms with Gasteiger partial charge in [-0.1, -0.05) is 18.1 Å². The van der Waals surface area contributed by atoms with E-state index in [0.717, 1.165) is 12.1 Å². The Morgan fingerprint density at radius 2 is 1.85 bits per heavy atom. The zero-order valence-corrected chi connectivity index (χ0v) is 18.5. The zero-order chi connectivity index (χ0) is 24.1. The summed E-state index contributed by atoms with van der Waals surface area (Å²) in [5, 5.41) is 7.73. The maximum absolute atomic E-state index is 13.2. The first-order valence-electron chi connectivity index (χ1n) is 9.69. The van der Waals surface area contributed by atoms with Crippen molar-refractivity contribution < 1.29 is 26.1 Å². The van der Waals surface area contributed by atoms with Crippen molar-refractivity contribution in [3.8, 4) is 16.9 Å². The van der Waals surface area contributed by atoms with Crippen LogP contribution < -0.4 is 5.56 Å². The molecule has 0 aliphatic heterocycles. The smallest absolute Gasteiger partial charge is 0.361 e. The van der Waals surface area contributed by atoms with E-state index in [2.05, 4.69) is 15.2 Å². The molecule has 0 radical (unpaired) electrons. The first kappa shape index (κ1) is 22.6. The molecule has 0 atom stereocenters. The molecule has 0 saturated carbocycles. The summed E-state index contributed by atoms with van der Waals surface area (Å²) < 4.78 is 71.0. The van der Waals surface area contributed by atoms with Crippen LogP contribution in [0, 0.1) is 13.8 Å². The maximum Gasteiger partial charge on any atom is 0.416 e. The van der Waals surface area contributed by atoms with Gasteiger partial charge in [0, 0.05) is 22.7 Å². The summed E-state index contributed by atoms with van der Waals surface area (Å²) in [7, 11) is -3.91. The summed E-state index contributed by atoms with van der Waals surface area (Å²) in [6, 6.07) is 4.02. The number of sulfone groups is 1. The van der Waals surface area contributed by atoms with Crippen LogP contribution in [-0.2, 0) is 16.0 Å². The quantitative estimate of drug-likeness (QED) is 0.438. The van der Waals surface area contributed by atoms with E-state index in [1.165, 1.54) is 25.4 Å². The van der Waals surface area contributed by atoms with Crippen molar-refractivity contribution in [1.82, 2.24) is 19.9 Å². The van der Waals surface area contributed by atoms with Crippen LogP contribution in [0.15, 0.2) is 50.9 Å². The fourth-order valence-corrected chi connectivity index (χ4v) is 4.52. The number of hydrogen-bond donors (Lipinski definition) is 0. The minimum Gasteiger partial charge on any atom is -0.361 e. The third-order valence-corrected chi connectivity index (χ3v) is 6.92. The summed E-state index contributed by atoms with van der Waals surface area (Å²) in [5.74, 6) is -0.160. The van der Waals surface area contributed by atoms with Gasteiger partial charge in [-0.15, -0.1) is 0 Å². The Balaban J connectivity index is 2.00. The Hall–Kier alpha value is -3.54. The standard InChI is InChI=1S/C21H17F3N4O4S/c1-4-33(30,31)17-7-14(18-11(2)27-32-12(18)3)9-25-19(17)28-20(29)16-8-15(21(22,23)24)6-5-13(16)10-26-28/h5-10H,4H2,1-3H3. The second-order valence-electron chi connectivity index (χ2n) is 7.31. The largest absolute Gasteiger partial charge is 0.416 e. The number of halogens is 3. The molecule has 0 aliphatic carbocycles. The fraction of sp³-hybridized carbons (Fsp3) is 0.238. The number of benzene rings is 1. The third kappa shape index (κ3) is 3.90. The highest BCUT2D eigenvalue weighted by Gasteiger charge is 2.31. The van der Waals surface area contributed by atoms with Crippen molar-refractivity contribution >= 4 is 20.6 Å². The molecule has 1 aromatic carbocycles. The molecule has 0 aliphatic rings. The molecule has 0 spiro atoms. The van der Waals surface area contributed by atoms with E-state index >= 15 is 0 Å². The first-order valence-corrected chi connectivity index (χ1v) is 11.3. The molecule has 12 heteroatoms. The Bertz CT molecular complexity index is 1540. The molecule has 3 heterocycles. The molecule has 4 aromatic rings. The second-order valence-corrected chi connectivity index (χ2v) is 9.56. The van der Waals surface area contributed by atoms with E-state index in [9.17, 15) is 26.4 Å². The van der Waals surface area contributed by atoms with Crippen LogP contribution >= 0.6 is 0 Å². The highest BCUT2D eigenvalue weighted by Crippen LogP contribution is 2.32. The monoisotopic (exact) mass is 478 g/mol. The van der Waals surface area contributed by atoms with Crippen molar-refractivity contribution in [2.75, 3.05) is 5.75 Å². The highest BCUT2D eigenvalue weighted by molar-refractivity contribution is 7.91. The van der Waals surface area contributed by atoms with E-state index in [4.69, 9.17) is 4.52 Å². The molecule has 0 bridgehead atoms. The molecule has 0 unspecified atom stereocenters. The average molecular weight is 478 g/mol. The van der Waals surface area contributed by atoms with Crippen LogP contribution in [-0.4, -0.2) is 34.1 Å². The molecule has 0 fully saturated rings. The molecular weight excluding hydrogens is 461 g/mol. The Morgan fingerprint density at radius 1 is 1.12 bits per heavy atom. The SMILES string of the molecule is CCS(=O)(=O)c1cc(-c2c(C)noc2C)cnc1-n1ncc2ccc(C(F)(F)F)cc2c1=O. The predicted octanol–water partition coefficient (Wildman–Crippen LogP) is 3.86. The van der Waals surface area contributed by atoms with Gasteiger partial charge in [0.1, 0.15) is 10.7 Å². The number of aromatic nitrogens is 4. The molecule has 0 N–H and O–H groups in total. The molecule has 33 heavy (non-hydrogen) atoms. The van der Waals surface area contributed by atoms with E-state index in [1.54, 1.807) is 13.8 Å². The fourth-order valence-electron chi connectivity index (χ4n) is 3.48. The van der Waals surface area contributed by atoms with Crippen molar-refractivity contribution in [1.29, 1.82) is 0 Å². The molecule has 0 amide bonds. The van der Waals surface area contributed by atoms with Gasteiger partial charge in [-0.25, -0.2) is 13.4 Å². The van der Waals surface area contributed by atoms with Crippen molar-refractivity contribution in [2.45, 2.75) is 31.8 Å². The minimum atomic E-state index is -4.65. The van der Waals surface area contributed by atoms with Crippen molar-refractivity contribution in [3.05, 3.63) is 64.0 Å². The number of fused-ring (bicyclic) bond motifs is 1. The number of hydrogen-bond acceptors (Lipinski definition) is 7. The van der Waals surface area contributed by atoms with Gasteiger partial charge in [-0.2, -0.15) is 23.0 Å². The lowest BCUT2D eigenvalue weighted by atomic mass is 10.1. The average Bonchev–Trinajstić information content (AvgIpc) is 3.11. The van der Waals surface area contributed by atoms with Crippen LogP contribution in [0.3, 0.4) is 0 Å². The summed E-state index contributed by atoms with van der Waals surface area (Å²) in [4.78, 5) is 17.0. The number of nitrogens with zero attached hydrogens (tertiary/aromatic N) is 4. The van der Waals surface area contributed by atoms with E-state index in [-0.39, 0.29) is 27.2 Å². The number of pyridine rings is 1. The molecule has 4 rings (SSSR count). The Kier molecular flexibility index (Phi) is 5.35. The minimum absolute atomic E-state index is 0.177. The molecule has 172 valence electrons. The summed E-state index contributed by atoms with van der Waals surface area (Å²) in [6.07, 6.45) is -2.14. The van der Waals surface area contributed by atoms with Crippen LogP contribution in [0.2, 0.25) is 0 Å². The molecule has 3 aromatic heterocycles. The van der Waals surface area contributed by atoms with Gasteiger partial charge in [0.2, 0.25) is 0 Å². The van der Waals surface area contributed by atoms with Gasteiger partial charge in [0.05, 0.1) is 28.6 Å². The molecular formula is C21H17F3N4O4S. The molecule has 8 nitrogen and oxygen atoms in total. The van der Waals surface area contributed by atoms with Crippen LogP contribution in [0.1, 0.15) is 23.9 Å². The van der Waals surface area contributed by atoms with Crippen LogP contribution in [0.25, 0.3) is 27.7 Å². The van der Waals surface area contributed by atoms with E-state index < -0.39 is 27.1 Å². The Morgan fingerprint density at radius 3 is 2.45 bits per heavy atom. The first-order chi connectivity index (χ1) is 15.4. The summed E-state index contributed by atoms with van der Waals surface area (Å²) in [5.41, 5.74) is -0.468. The predicted molar refractivity (Wildman–Crippen MR) is 113 cm³/mol. The topological polar surface area (TPSA) is 108 Å². The van der Waals surface area contributed by atoms with Crippen molar-refractivity contribution in [3.63, 3.8) is 0 Å².